The van der Waals surface area contributed by atoms with Gasteiger partial charge in [-0.1, -0.05) is 87.5 Å². The number of carbonyl (C=O) groups is 1. The molecule has 3 aromatic rings. The van der Waals surface area contributed by atoms with Crippen LogP contribution in [-0.4, -0.2) is 12.6 Å². The average Bonchev–Trinajstić information content (AvgIpc) is 2.70. The third-order valence-corrected chi connectivity index (χ3v) is 5.76. The molecule has 0 bridgehead atoms. The third kappa shape index (κ3) is 6.09. The molecule has 0 aliphatic rings. The van der Waals surface area contributed by atoms with E-state index in [0.29, 0.717) is 11.3 Å². The maximum atomic E-state index is 13.1. The second kappa shape index (κ2) is 9.22. The van der Waals surface area contributed by atoms with Crippen LogP contribution in [-0.2, 0) is 14.1 Å². The number of hydrogen-bond acceptors (Lipinski definition) is 4. The summed E-state index contributed by atoms with van der Waals surface area (Å²) < 4.78 is 24.3. The van der Waals surface area contributed by atoms with E-state index >= 15 is 0 Å². The normalized spacial score (nSPS) is 14.7. The van der Waals surface area contributed by atoms with Gasteiger partial charge in [-0.2, -0.15) is 0 Å². The molecule has 0 heterocycles. The van der Waals surface area contributed by atoms with E-state index in [1.165, 1.54) is 0 Å². The zero-order chi connectivity index (χ0) is 21.8. The van der Waals surface area contributed by atoms with Gasteiger partial charge >= 0.3 is 12.8 Å². The van der Waals surface area contributed by atoms with Gasteiger partial charge in [0.05, 0.1) is 6.61 Å². The van der Waals surface area contributed by atoms with E-state index in [1.54, 1.807) is 36.4 Å². The quantitative estimate of drug-likeness (QED) is 0.333. The predicted octanol–water partition coefficient (Wildman–Crippen LogP) is 6.49. The molecular weight excluding hydrogens is 421 g/mol. The molecule has 1 N–H and O–H groups in total. The number of rotatable bonds is 7. The van der Waals surface area contributed by atoms with Crippen molar-refractivity contribution < 1.29 is 18.6 Å². The molecule has 5 nitrogen and oxygen atoms in total. The Balaban J connectivity index is 1.85. The number of carbonyl (C=O) groups excluding carboxylic acids is 1. The van der Waals surface area contributed by atoms with Crippen LogP contribution in [0.5, 0.6) is 5.75 Å². The van der Waals surface area contributed by atoms with Crippen LogP contribution in [0.3, 0.4) is 0 Å². The summed E-state index contributed by atoms with van der Waals surface area (Å²) in [7, 11) is 0. The third-order valence-electron chi connectivity index (χ3n) is 4.26. The topological polar surface area (TPSA) is 64.6 Å². The molecule has 0 aliphatic carbocycles. The predicted molar refractivity (Wildman–Crippen MR) is 121 cm³/mol. The first-order chi connectivity index (χ1) is 14.1. The summed E-state index contributed by atoms with van der Waals surface area (Å²) in [5.41, 5.74) is 0.375. The van der Waals surface area contributed by atoms with Gasteiger partial charge in [-0.15, -0.1) is 0 Å². The molecule has 2 atom stereocenters. The van der Waals surface area contributed by atoms with Crippen LogP contribution < -0.4 is 9.61 Å². The molecule has 0 spiro atoms. The monoisotopic (exact) mass is 445 g/mol. The highest BCUT2D eigenvalue weighted by Crippen LogP contribution is 2.51. The summed E-state index contributed by atoms with van der Waals surface area (Å²) >= 11 is 6.26. The van der Waals surface area contributed by atoms with Crippen LogP contribution in [0, 0.1) is 5.41 Å². The number of fused-ring (bicyclic) bond motifs is 1. The van der Waals surface area contributed by atoms with Crippen molar-refractivity contribution in [2.45, 2.75) is 26.8 Å². The van der Waals surface area contributed by atoms with E-state index in [0.717, 1.165) is 10.8 Å². The Morgan fingerprint density at radius 2 is 1.63 bits per heavy atom. The Bertz CT molecular complexity index is 1060. The largest absolute Gasteiger partial charge is 0.464 e. The number of benzene rings is 3. The Hall–Kier alpha value is -2.33. The van der Waals surface area contributed by atoms with E-state index in [9.17, 15) is 9.36 Å². The van der Waals surface area contributed by atoms with Crippen molar-refractivity contribution >= 4 is 34.9 Å². The molecule has 0 saturated carbocycles. The van der Waals surface area contributed by atoms with Crippen molar-refractivity contribution in [3.63, 3.8) is 0 Å². The Kier molecular flexibility index (Phi) is 6.87. The number of hydrogen-bond donors (Lipinski definition) is 1. The van der Waals surface area contributed by atoms with Crippen molar-refractivity contribution in [1.29, 1.82) is 0 Å². The van der Waals surface area contributed by atoms with Crippen molar-refractivity contribution in [2.24, 2.45) is 5.41 Å². The molecule has 30 heavy (non-hydrogen) atoms. The van der Waals surface area contributed by atoms with Crippen molar-refractivity contribution in [2.75, 3.05) is 6.61 Å². The van der Waals surface area contributed by atoms with Gasteiger partial charge < -0.3 is 9.26 Å². The lowest BCUT2D eigenvalue weighted by Gasteiger charge is -2.24. The second-order valence-electron chi connectivity index (χ2n) is 8.19. The average molecular weight is 446 g/mol. The van der Waals surface area contributed by atoms with Crippen molar-refractivity contribution in [3.05, 3.63) is 78.4 Å². The van der Waals surface area contributed by atoms with E-state index in [4.69, 9.17) is 20.5 Å². The van der Waals surface area contributed by atoms with Crippen molar-refractivity contribution in [1.82, 2.24) is 5.09 Å². The highest BCUT2D eigenvalue weighted by Gasteiger charge is 2.33. The van der Waals surface area contributed by atoms with E-state index < -0.39 is 18.9 Å². The van der Waals surface area contributed by atoms with Crippen LogP contribution in [0.2, 0.25) is 0 Å². The maximum absolute atomic E-state index is 13.1. The SMILES string of the molecule is CC(C)(C)COC(=O)[C@@H](NP(=O)(Cl)Oc1cccc2ccccc12)c1ccccc1. The first-order valence-corrected chi connectivity index (χ1v) is 12.1. The zero-order valence-corrected chi connectivity index (χ0v) is 18.8. The zero-order valence-electron chi connectivity index (χ0n) is 17.2. The van der Waals surface area contributed by atoms with Gasteiger partial charge in [0.2, 0.25) is 0 Å². The molecule has 3 aromatic carbocycles. The first kappa shape index (κ1) is 22.4. The van der Waals surface area contributed by atoms with Crippen LogP contribution in [0.15, 0.2) is 72.8 Å². The van der Waals surface area contributed by atoms with Gasteiger partial charge in [-0.3, -0.25) is 0 Å². The van der Waals surface area contributed by atoms with Gasteiger partial charge in [0.25, 0.3) is 0 Å². The fourth-order valence-corrected chi connectivity index (χ4v) is 4.41. The van der Waals surface area contributed by atoms with Gasteiger partial charge in [0.1, 0.15) is 11.8 Å². The molecule has 0 radical (unpaired) electrons. The highest BCUT2D eigenvalue weighted by atomic mass is 35.7. The lowest BCUT2D eigenvalue weighted by Crippen LogP contribution is -2.30. The summed E-state index contributed by atoms with van der Waals surface area (Å²) in [4.78, 5) is 12.8. The standard InChI is InChI=1S/C23H25ClNO4P/c1-23(2,3)16-28-22(26)21(18-11-5-4-6-12-18)25-30(24,27)29-20-15-9-13-17-10-7-8-14-19(17)20/h4-15,21H,16H2,1-3H3,(H,25,27)/t21-,30?/m0/s1. The minimum absolute atomic E-state index is 0.207. The summed E-state index contributed by atoms with van der Waals surface area (Å²) in [6, 6.07) is 20.8. The molecule has 0 aliphatic heterocycles. The fourth-order valence-electron chi connectivity index (χ4n) is 2.86. The second-order valence-corrected chi connectivity index (χ2v) is 10.9. The molecule has 0 saturated heterocycles. The summed E-state index contributed by atoms with van der Waals surface area (Å²) in [6.45, 7) is 2.16. The van der Waals surface area contributed by atoms with E-state index in [1.807, 2.05) is 57.2 Å². The van der Waals surface area contributed by atoms with E-state index in [2.05, 4.69) is 5.09 Å². The minimum Gasteiger partial charge on any atom is -0.464 e. The Labute approximate surface area is 181 Å². The first-order valence-electron chi connectivity index (χ1n) is 9.61. The lowest BCUT2D eigenvalue weighted by atomic mass is 9.98. The van der Waals surface area contributed by atoms with Crippen LogP contribution in [0.25, 0.3) is 10.8 Å². The molecule has 3 rings (SSSR count). The van der Waals surface area contributed by atoms with Crippen LogP contribution in [0.4, 0.5) is 0 Å². The molecule has 158 valence electrons. The minimum atomic E-state index is -3.94. The van der Waals surface area contributed by atoms with Gasteiger partial charge in [0, 0.05) is 16.6 Å². The number of esters is 1. The highest BCUT2D eigenvalue weighted by molar-refractivity contribution is 7.84. The summed E-state index contributed by atoms with van der Waals surface area (Å²) in [5.74, 6) is -0.202. The van der Waals surface area contributed by atoms with Crippen molar-refractivity contribution in [3.8, 4) is 5.75 Å². The molecule has 7 heteroatoms. The lowest BCUT2D eigenvalue weighted by molar-refractivity contribution is -0.148. The van der Waals surface area contributed by atoms with Crippen LogP contribution in [0.1, 0.15) is 32.4 Å². The molecular formula is C23H25ClNO4P. The molecule has 0 amide bonds. The Morgan fingerprint density at radius 1 is 1.00 bits per heavy atom. The molecule has 0 fully saturated rings. The summed E-state index contributed by atoms with van der Waals surface area (Å²) in [6.07, 6.45) is 0. The number of halogens is 1. The number of nitrogens with one attached hydrogen (secondary N) is 1. The van der Waals surface area contributed by atoms with Gasteiger partial charge in [0.15, 0.2) is 0 Å². The van der Waals surface area contributed by atoms with Gasteiger partial charge in [-0.25, -0.2) is 14.4 Å². The Morgan fingerprint density at radius 3 is 2.33 bits per heavy atom. The molecule has 1 unspecified atom stereocenters. The van der Waals surface area contributed by atoms with Crippen LogP contribution >= 0.6 is 18.1 Å². The fraction of sp³-hybridized carbons (Fsp3) is 0.261. The summed E-state index contributed by atoms with van der Waals surface area (Å²) in [5, 5.41) is 4.38. The van der Waals surface area contributed by atoms with E-state index in [-0.39, 0.29) is 12.0 Å². The smallest absolute Gasteiger partial charge is 0.410 e. The molecule has 0 aromatic heterocycles. The maximum Gasteiger partial charge on any atom is 0.410 e. The van der Waals surface area contributed by atoms with Gasteiger partial charge in [-0.05, 0) is 22.4 Å². The number of ether oxygens (including phenoxy) is 1.